The average Bonchev–Trinajstić information content (AvgIpc) is 2.69. The second-order valence-electron chi connectivity index (χ2n) is 6.97. The van der Waals surface area contributed by atoms with Gasteiger partial charge in [-0.3, -0.25) is 14.2 Å². The summed E-state index contributed by atoms with van der Waals surface area (Å²) in [4.78, 5) is 37.3. The van der Waals surface area contributed by atoms with Gasteiger partial charge >= 0.3 is 5.97 Å². The quantitative estimate of drug-likeness (QED) is 0.666. The molecule has 3 aromatic rings. The van der Waals surface area contributed by atoms with E-state index in [-0.39, 0.29) is 11.5 Å². The van der Waals surface area contributed by atoms with Crippen molar-refractivity contribution in [3.63, 3.8) is 0 Å². The number of pyridine rings is 1. The Hall–Kier alpha value is -3.41. The van der Waals surface area contributed by atoms with E-state index in [1.807, 2.05) is 32.0 Å². The maximum Gasteiger partial charge on any atom is 0.338 e. The van der Waals surface area contributed by atoms with E-state index in [1.54, 1.807) is 44.2 Å². The number of nitrogens with one attached hydrogen (secondary N) is 1. The second-order valence-corrected chi connectivity index (χ2v) is 6.97. The van der Waals surface area contributed by atoms with Crippen molar-refractivity contribution in [2.24, 2.45) is 0 Å². The average molecular weight is 392 g/mol. The highest BCUT2D eigenvalue weighted by atomic mass is 16.5. The fraction of sp³-hybridized carbons (Fsp3) is 0.261. The predicted molar refractivity (Wildman–Crippen MR) is 113 cm³/mol. The molecule has 6 heteroatoms. The van der Waals surface area contributed by atoms with E-state index in [9.17, 15) is 14.4 Å². The predicted octanol–water partition coefficient (Wildman–Crippen LogP) is 3.99. The van der Waals surface area contributed by atoms with E-state index in [0.29, 0.717) is 17.9 Å². The van der Waals surface area contributed by atoms with E-state index in [4.69, 9.17) is 4.74 Å². The van der Waals surface area contributed by atoms with E-state index < -0.39 is 12.0 Å². The third-order valence-electron chi connectivity index (χ3n) is 4.91. The smallest absolute Gasteiger partial charge is 0.338 e. The van der Waals surface area contributed by atoms with Crippen LogP contribution in [0, 0.1) is 13.8 Å². The molecule has 0 spiro atoms. The molecular weight excluding hydrogens is 368 g/mol. The van der Waals surface area contributed by atoms with Crippen LogP contribution in [0.3, 0.4) is 0 Å². The van der Waals surface area contributed by atoms with E-state index >= 15 is 0 Å². The highest BCUT2D eigenvalue weighted by molar-refractivity contribution is 5.96. The minimum absolute atomic E-state index is 0.218. The molecule has 2 aromatic carbocycles. The van der Waals surface area contributed by atoms with Crippen molar-refractivity contribution in [3.8, 4) is 0 Å². The molecular formula is C23H24N2O4. The van der Waals surface area contributed by atoms with E-state index in [0.717, 1.165) is 22.0 Å². The molecule has 0 saturated heterocycles. The number of rotatable bonds is 5. The second kappa shape index (κ2) is 8.31. The molecule has 1 amide bonds. The Morgan fingerprint density at radius 3 is 2.41 bits per heavy atom. The molecule has 0 aliphatic carbocycles. The van der Waals surface area contributed by atoms with Crippen LogP contribution in [0.2, 0.25) is 0 Å². The first-order valence-electron chi connectivity index (χ1n) is 9.53. The fourth-order valence-electron chi connectivity index (χ4n) is 3.39. The molecule has 1 unspecified atom stereocenters. The Bertz CT molecular complexity index is 1130. The third-order valence-corrected chi connectivity index (χ3v) is 4.91. The monoisotopic (exact) mass is 392 g/mol. The van der Waals surface area contributed by atoms with Gasteiger partial charge in [-0.15, -0.1) is 0 Å². The van der Waals surface area contributed by atoms with Crippen LogP contribution in [0.1, 0.15) is 41.4 Å². The summed E-state index contributed by atoms with van der Waals surface area (Å²) in [5, 5.41) is 3.76. The standard InChI is InChI=1S/C23H24N2O4/c1-5-29-23(28)17-9-11-18(12-10-17)24-22(27)16(4)25-20(26)13-15(3)19-8-6-7-14(2)21(19)25/h6-13,16H,5H2,1-4H3,(H,24,27). The van der Waals surface area contributed by atoms with Gasteiger partial charge in [0.1, 0.15) is 6.04 Å². The van der Waals surface area contributed by atoms with Crippen molar-refractivity contribution in [2.45, 2.75) is 33.7 Å². The number of carbonyl (C=O) groups is 2. The molecule has 0 fully saturated rings. The van der Waals surface area contributed by atoms with Gasteiger partial charge in [-0.05, 0) is 63.1 Å². The van der Waals surface area contributed by atoms with Gasteiger partial charge in [-0.25, -0.2) is 4.79 Å². The summed E-state index contributed by atoms with van der Waals surface area (Å²) in [6, 6.07) is 13.1. The number of aryl methyl sites for hydroxylation is 2. The number of esters is 1. The summed E-state index contributed by atoms with van der Waals surface area (Å²) in [7, 11) is 0. The molecule has 29 heavy (non-hydrogen) atoms. The van der Waals surface area contributed by atoms with Crippen LogP contribution in [0.15, 0.2) is 53.3 Å². The summed E-state index contributed by atoms with van der Waals surface area (Å²) < 4.78 is 6.48. The molecule has 0 radical (unpaired) electrons. The first-order valence-corrected chi connectivity index (χ1v) is 9.53. The number of benzene rings is 2. The van der Waals surface area contributed by atoms with Crippen molar-refractivity contribution in [3.05, 3.63) is 75.6 Å². The maximum atomic E-state index is 12.9. The van der Waals surface area contributed by atoms with Crippen LogP contribution in [0.5, 0.6) is 0 Å². The molecule has 1 N–H and O–H groups in total. The lowest BCUT2D eigenvalue weighted by Gasteiger charge is -2.20. The highest BCUT2D eigenvalue weighted by Gasteiger charge is 2.20. The van der Waals surface area contributed by atoms with E-state index in [2.05, 4.69) is 5.32 Å². The van der Waals surface area contributed by atoms with Crippen molar-refractivity contribution >= 4 is 28.5 Å². The lowest BCUT2D eigenvalue weighted by Crippen LogP contribution is -2.32. The topological polar surface area (TPSA) is 77.4 Å². The molecule has 1 atom stereocenters. The molecule has 0 aliphatic heterocycles. The van der Waals surface area contributed by atoms with Crippen LogP contribution in [-0.4, -0.2) is 23.1 Å². The minimum Gasteiger partial charge on any atom is -0.462 e. The molecule has 1 aromatic heterocycles. The molecule has 1 heterocycles. The normalized spacial score (nSPS) is 11.9. The number of hydrogen-bond donors (Lipinski definition) is 1. The number of anilines is 1. The molecule has 150 valence electrons. The number of para-hydroxylation sites is 1. The number of fused-ring (bicyclic) bond motifs is 1. The number of hydrogen-bond acceptors (Lipinski definition) is 4. The van der Waals surface area contributed by atoms with Crippen LogP contribution < -0.4 is 10.9 Å². The maximum absolute atomic E-state index is 12.9. The van der Waals surface area contributed by atoms with E-state index in [1.165, 1.54) is 4.57 Å². The van der Waals surface area contributed by atoms with Crippen molar-refractivity contribution in [2.75, 3.05) is 11.9 Å². The summed E-state index contributed by atoms with van der Waals surface area (Å²) in [5.41, 5.74) is 3.31. The van der Waals surface area contributed by atoms with Crippen LogP contribution in [0.4, 0.5) is 5.69 Å². The number of carbonyl (C=O) groups excluding carboxylic acids is 2. The first-order chi connectivity index (χ1) is 13.8. The van der Waals surface area contributed by atoms with Crippen LogP contribution >= 0.6 is 0 Å². The lowest BCUT2D eigenvalue weighted by molar-refractivity contribution is -0.118. The van der Waals surface area contributed by atoms with Gasteiger partial charge in [0.25, 0.3) is 5.56 Å². The number of amides is 1. The minimum atomic E-state index is -0.712. The first kappa shape index (κ1) is 20.3. The number of ether oxygens (including phenoxy) is 1. The van der Waals surface area contributed by atoms with Crippen LogP contribution in [0.25, 0.3) is 10.9 Å². The molecule has 0 saturated carbocycles. The molecule has 0 bridgehead atoms. The zero-order valence-electron chi connectivity index (χ0n) is 17.0. The number of nitrogens with zero attached hydrogens (tertiary/aromatic N) is 1. The number of aromatic nitrogens is 1. The summed E-state index contributed by atoms with van der Waals surface area (Å²) in [6.07, 6.45) is 0. The van der Waals surface area contributed by atoms with Crippen molar-refractivity contribution in [1.29, 1.82) is 0 Å². The van der Waals surface area contributed by atoms with Crippen LogP contribution in [-0.2, 0) is 9.53 Å². The van der Waals surface area contributed by atoms with Gasteiger partial charge in [0, 0.05) is 17.1 Å². The van der Waals surface area contributed by atoms with Gasteiger partial charge in [-0.1, -0.05) is 18.2 Å². The van der Waals surface area contributed by atoms with Gasteiger partial charge in [-0.2, -0.15) is 0 Å². The Morgan fingerprint density at radius 2 is 1.76 bits per heavy atom. The Labute approximate surface area is 169 Å². The fourth-order valence-corrected chi connectivity index (χ4v) is 3.39. The Morgan fingerprint density at radius 1 is 1.07 bits per heavy atom. The summed E-state index contributed by atoms with van der Waals surface area (Å²) in [5.74, 6) is -0.726. The molecule has 3 rings (SSSR count). The molecule has 6 nitrogen and oxygen atoms in total. The van der Waals surface area contributed by atoms with Gasteiger partial charge in [0.15, 0.2) is 0 Å². The third kappa shape index (κ3) is 4.06. The lowest BCUT2D eigenvalue weighted by atomic mass is 10.1. The largest absolute Gasteiger partial charge is 0.462 e. The molecule has 0 aliphatic rings. The van der Waals surface area contributed by atoms with Crippen molar-refractivity contribution < 1.29 is 14.3 Å². The summed E-state index contributed by atoms with van der Waals surface area (Å²) in [6.45, 7) is 7.56. The van der Waals surface area contributed by atoms with Gasteiger partial charge < -0.3 is 10.1 Å². The SMILES string of the molecule is CCOC(=O)c1ccc(NC(=O)C(C)n2c(=O)cc(C)c3cccc(C)c32)cc1. The van der Waals surface area contributed by atoms with Gasteiger partial charge in [0.2, 0.25) is 5.91 Å². The summed E-state index contributed by atoms with van der Waals surface area (Å²) >= 11 is 0. The Balaban J connectivity index is 1.90. The Kier molecular flexibility index (Phi) is 5.82. The van der Waals surface area contributed by atoms with Crippen molar-refractivity contribution in [1.82, 2.24) is 4.57 Å². The van der Waals surface area contributed by atoms with Gasteiger partial charge in [0.05, 0.1) is 17.7 Å². The highest BCUT2D eigenvalue weighted by Crippen LogP contribution is 2.23. The zero-order valence-corrected chi connectivity index (χ0v) is 17.0. The zero-order chi connectivity index (χ0) is 21.1.